The molecule has 6 heteroatoms. The molecule has 1 aliphatic heterocycles. The fourth-order valence-electron chi connectivity index (χ4n) is 2.28. The molecule has 20 heavy (non-hydrogen) atoms. The third-order valence-corrected chi connectivity index (χ3v) is 3.26. The second-order valence-corrected chi connectivity index (χ2v) is 4.71. The Kier molecular flexibility index (Phi) is 3.56. The quantitative estimate of drug-likeness (QED) is 0.909. The maximum Gasteiger partial charge on any atom is 0.235 e. The first-order valence-electron chi connectivity index (χ1n) is 6.73. The van der Waals surface area contributed by atoms with E-state index in [-0.39, 0.29) is 12.7 Å². The van der Waals surface area contributed by atoms with E-state index in [1.54, 1.807) is 0 Å². The van der Waals surface area contributed by atoms with Crippen molar-refractivity contribution in [3.63, 3.8) is 0 Å². The number of aliphatic hydroxyl groups excluding tert-OH is 1. The molecule has 0 saturated heterocycles. The molecule has 0 bridgehead atoms. The van der Waals surface area contributed by atoms with Crippen LogP contribution in [-0.4, -0.2) is 34.6 Å². The molecule has 1 atom stereocenters. The lowest BCUT2D eigenvalue weighted by Gasteiger charge is -2.34. The Bertz CT molecular complexity index is 585. The van der Waals surface area contributed by atoms with Gasteiger partial charge < -0.3 is 19.2 Å². The first-order chi connectivity index (χ1) is 9.80. The highest BCUT2D eigenvalue weighted by atomic mass is 16.5. The first kappa shape index (κ1) is 12.9. The van der Waals surface area contributed by atoms with E-state index in [0.717, 1.165) is 17.9 Å². The lowest BCUT2D eigenvalue weighted by molar-refractivity contribution is 0.111. The number of anilines is 1. The van der Waals surface area contributed by atoms with E-state index in [9.17, 15) is 5.11 Å². The molecule has 1 aromatic carbocycles. The molecule has 1 aliphatic rings. The van der Waals surface area contributed by atoms with Crippen molar-refractivity contribution in [1.29, 1.82) is 0 Å². The van der Waals surface area contributed by atoms with E-state index in [1.165, 1.54) is 0 Å². The number of nitrogens with zero attached hydrogens (tertiary/aromatic N) is 3. The molecular weight excluding hydrogens is 258 g/mol. The van der Waals surface area contributed by atoms with E-state index < -0.39 is 0 Å². The molecule has 0 aliphatic carbocycles. The molecule has 0 amide bonds. The highest BCUT2D eigenvalue weighted by Crippen LogP contribution is 2.33. The number of aromatic nitrogens is 2. The Morgan fingerprint density at radius 2 is 2.10 bits per heavy atom. The van der Waals surface area contributed by atoms with Crippen LogP contribution in [0.4, 0.5) is 5.69 Å². The van der Waals surface area contributed by atoms with Crippen molar-refractivity contribution in [3.8, 4) is 5.75 Å². The summed E-state index contributed by atoms with van der Waals surface area (Å²) < 4.78 is 11.3. The summed E-state index contributed by atoms with van der Waals surface area (Å²) in [6.07, 6.45) is 0.491. The molecular formula is C14H17N3O3. The smallest absolute Gasteiger partial charge is 0.235 e. The van der Waals surface area contributed by atoms with E-state index in [2.05, 4.69) is 15.1 Å². The van der Waals surface area contributed by atoms with E-state index >= 15 is 0 Å². The van der Waals surface area contributed by atoms with Crippen LogP contribution in [0.1, 0.15) is 18.7 Å². The van der Waals surface area contributed by atoms with E-state index in [0.29, 0.717) is 24.9 Å². The average Bonchev–Trinajstić information content (AvgIpc) is 2.94. The molecule has 1 N–H and O–H groups in total. The molecule has 1 aromatic heterocycles. The molecule has 2 heterocycles. The Balaban J connectivity index is 1.84. The SMILES string of the molecule is CCc1nnc(CN2CC(CO)Oc3ccccc32)o1. The van der Waals surface area contributed by atoms with Crippen LogP contribution in [0.25, 0.3) is 0 Å². The van der Waals surface area contributed by atoms with Crippen molar-refractivity contribution >= 4 is 5.69 Å². The van der Waals surface area contributed by atoms with E-state index in [1.807, 2.05) is 31.2 Å². The zero-order chi connectivity index (χ0) is 13.9. The van der Waals surface area contributed by atoms with Gasteiger partial charge in [0.15, 0.2) is 0 Å². The second kappa shape index (κ2) is 5.50. The third-order valence-electron chi connectivity index (χ3n) is 3.26. The highest BCUT2D eigenvalue weighted by Gasteiger charge is 2.26. The Labute approximate surface area is 117 Å². The van der Waals surface area contributed by atoms with Crippen LogP contribution < -0.4 is 9.64 Å². The van der Waals surface area contributed by atoms with Crippen LogP contribution in [0.2, 0.25) is 0 Å². The van der Waals surface area contributed by atoms with Gasteiger partial charge in [-0.05, 0) is 12.1 Å². The second-order valence-electron chi connectivity index (χ2n) is 4.71. The van der Waals surface area contributed by atoms with Crippen molar-refractivity contribution in [2.45, 2.75) is 26.0 Å². The lowest BCUT2D eigenvalue weighted by Crippen LogP contribution is -2.41. The van der Waals surface area contributed by atoms with Crippen LogP contribution in [0.15, 0.2) is 28.7 Å². The fourth-order valence-corrected chi connectivity index (χ4v) is 2.28. The maximum absolute atomic E-state index is 9.34. The number of hydrogen-bond donors (Lipinski definition) is 1. The zero-order valence-electron chi connectivity index (χ0n) is 11.3. The number of aliphatic hydroxyl groups is 1. The van der Waals surface area contributed by atoms with Gasteiger partial charge in [-0.2, -0.15) is 0 Å². The zero-order valence-corrected chi connectivity index (χ0v) is 11.3. The van der Waals surface area contributed by atoms with Crippen LogP contribution in [-0.2, 0) is 13.0 Å². The van der Waals surface area contributed by atoms with Gasteiger partial charge in [-0.3, -0.25) is 0 Å². The molecule has 6 nitrogen and oxygen atoms in total. The van der Waals surface area contributed by atoms with Gasteiger partial charge in [0, 0.05) is 6.42 Å². The minimum absolute atomic E-state index is 0.0190. The van der Waals surface area contributed by atoms with E-state index in [4.69, 9.17) is 9.15 Å². The van der Waals surface area contributed by atoms with Crippen molar-refractivity contribution < 1.29 is 14.3 Å². The summed E-state index contributed by atoms with van der Waals surface area (Å²) in [5.41, 5.74) is 0.980. The van der Waals surface area contributed by atoms with Gasteiger partial charge in [0.1, 0.15) is 11.9 Å². The normalized spacial score (nSPS) is 17.7. The van der Waals surface area contributed by atoms with Crippen molar-refractivity contribution in [2.24, 2.45) is 0 Å². The lowest BCUT2D eigenvalue weighted by atomic mass is 10.2. The number of rotatable bonds is 4. The summed E-state index contributed by atoms with van der Waals surface area (Å²) in [5.74, 6) is 1.99. The largest absolute Gasteiger partial charge is 0.484 e. The summed E-state index contributed by atoms with van der Waals surface area (Å²) in [5, 5.41) is 17.4. The Morgan fingerprint density at radius 1 is 1.30 bits per heavy atom. The van der Waals surface area contributed by atoms with Gasteiger partial charge in [-0.15, -0.1) is 10.2 Å². The number of benzene rings is 1. The number of para-hydroxylation sites is 2. The molecule has 0 radical (unpaired) electrons. The minimum atomic E-state index is -0.238. The molecule has 0 fully saturated rings. The van der Waals surface area contributed by atoms with Gasteiger partial charge in [0.25, 0.3) is 0 Å². The number of ether oxygens (including phenoxy) is 1. The van der Waals surface area contributed by atoms with Gasteiger partial charge in [0.2, 0.25) is 11.8 Å². The summed E-state index contributed by atoms with van der Waals surface area (Å²) in [6.45, 7) is 3.07. The summed E-state index contributed by atoms with van der Waals surface area (Å²) in [4.78, 5) is 2.09. The summed E-state index contributed by atoms with van der Waals surface area (Å²) in [7, 11) is 0. The molecule has 0 spiro atoms. The first-order valence-corrected chi connectivity index (χ1v) is 6.73. The van der Waals surface area contributed by atoms with Gasteiger partial charge in [0.05, 0.1) is 25.4 Å². The van der Waals surface area contributed by atoms with Crippen LogP contribution >= 0.6 is 0 Å². The predicted octanol–water partition coefficient (Wildman–Crippen LogP) is 1.39. The molecule has 0 saturated carbocycles. The number of aryl methyl sites for hydroxylation is 1. The Hall–Kier alpha value is -2.08. The maximum atomic E-state index is 9.34. The fraction of sp³-hybridized carbons (Fsp3) is 0.429. The molecule has 2 aromatic rings. The monoisotopic (exact) mass is 275 g/mol. The van der Waals surface area contributed by atoms with Crippen LogP contribution in [0.5, 0.6) is 5.75 Å². The number of fused-ring (bicyclic) bond motifs is 1. The van der Waals surface area contributed by atoms with Gasteiger partial charge in [-0.1, -0.05) is 19.1 Å². The van der Waals surface area contributed by atoms with Crippen LogP contribution in [0.3, 0.4) is 0 Å². The predicted molar refractivity (Wildman–Crippen MR) is 72.7 cm³/mol. The van der Waals surface area contributed by atoms with Crippen molar-refractivity contribution in [2.75, 3.05) is 18.1 Å². The van der Waals surface area contributed by atoms with Crippen molar-refractivity contribution in [3.05, 3.63) is 36.0 Å². The topological polar surface area (TPSA) is 71.6 Å². The molecule has 106 valence electrons. The van der Waals surface area contributed by atoms with Gasteiger partial charge >= 0.3 is 0 Å². The molecule has 3 rings (SSSR count). The van der Waals surface area contributed by atoms with Crippen LogP contribution in [0, 0.1) is 0 Å². The third kappa shape index (κ3) is 2.46. The van der Waals surface area contributed by atoms with Gasteiger partial charge in [-0.25, -0.2) is 0 Å². The average molecular weight is 275 g/mol. The van der Waals surface area contributed by atoms with Crippen molar-refractivity contribution in [1.82, 2.24) is 10.2 Å². The highest BCUT2D eigenvalue weighted by molar-refractivity contribution is 5.60. The standard InChI is InChI=1S/C14H17N3O3/c1-2-13-15-16-14(20-13)8-17-7-10(9-18)19-12-6-4-3-5-11(12)17/h3-6,10,18H,2,7-9H2,1H3. The minimum Gasteiger partial charge on any atom is -0.484 e. The summed E-state index contributed by atoms with van der Waals surface area (Å²) in [6, 6.07) is 7.76. The number of hydrogen-bond acceptors (Lipinski definition) is 6. The molecule has 1 unspecified atom stereocenters. The Morgan fingerprint density at radius 3 is 2.85 bits per heavy atom. The summed E-state index contributed by atoms with van der Waals surface area (Å²) >= 11 is 0.